The Balaban J connectivity index is 2.84. The van der Waals surface area contributed by atoms with E-state index in [1.165, 1.54) is 0 Å². The number of furan rings is 1. The molecule has 1 aromatic rings. The molecule has 104 valence electrons. The first-order valence-electron chi connectivity index (χ1n) is 5.67. The molecule has 0 spiro atoms. The quantitative estimate of drug-likeness (QED) is 0.793. The van der Waals surface area contributed by atoms with Gasteiger partial charge in [0.05, 0.1) is 6.54 Å². The summed E-state index contributed by atoms with van der Waals surface area (Å²) in [5, 5.41) is 3.16. The second-order valence-corrected chi connectivity index (χ2v) is 7.07. The lowest BCUT2D eigenvalue weighted by atomic mass is 10.4. The highest BCUT2D eigenvalue weighted by molar-refractivity contribution is 7.99. The fourth-order valence-corrected chi connectivity index (χ4v) is 3.13. The third-order valence-corrected chi connectivity index (χ3v) is 5.03. The normalized spacial score (nSPS) is 13.8. The van der Waals surface area contributed by atoms with Gasteiger partial charge in [-0.05, 0) is 20.2 Å². The molecule has 1 aromatic heterocycles. The summed E-state index contributed by atoms with van der Waals surface area (Å²) in [6.45, 7) is 4.56. The van der Waals surface area contributed by atoms with Crippen LogP contribution in [0.5, 0.6) is 0 Å². The zero-order chi connectivity index (χ0) is 13.8. The van der Waals surface area contributed by atoms with E-state index < -0.39 is 10.0 Å². The van der Waals surface area contributed by atoms with Crippen LogP contribution >= 0.6 is 11.8 Å². The van der Waals surface area contributed by atoms with Gasteiger partial charge in [0.15, 0.2) is 0 Å². The van der Waals surface area contributed by atoms with Gasteiger partial charge >= 0.3 is 0 Å². The van der Waals surface area contributed by atoms with Gasteiger partial charge in [-0.1, -0.05) is 6.92 Å². The van der Waals surface area contributed by atoms with Gasteiger partial charge in [-0.3, -0.25) is 0 Å². The molecule has 7 heteroatoms. The van der Waals surface area contributed by atoms with Crippen molar-refractivity contribution >= 4 is 21.8 Å². The standard InChI is InChI=1S/C11H20N2O3S2/c1-8(17-4)6-13-18(14,15)11-5-10(7-12-3)16-9(11)2/h5,8,12-13H,6-7H2,1-4H3. The van der Waals surface area contributed by atoms with Crippen LogP contribution < -0.4 is 10.0 Å². The molecule has 0 saturated carbocycles. The minimum Gasteiger partial charge on any atom is -0.464 e. The van der Waals surface area contributed by atoms with Crippen molar-refractivity contribution in [3.63, 3.8) is 0 Å². The van der Waals surface area contributed by atoms with Gasteiger partial charge in [-0.25, -0.2) is 13.1 Å². The molecule has 1 rings (SSSR count). The van der Waals surface area contributed by atoms with Gasteiger partial charge < -0.3 is 9.73 Å². The van der Waals surface area contributed by atoms with Crippen LogP contribution in [-0.4, -0.2) is 33.5 Å². The highest BCUT2D eigenvalue weighted by atomic mass is 32.2. The van der Waals surface area contributed by atoms with Crippen LogP contribution in [0.2, 0.25) is 0 Å². The van der Waals surface area contributed by atoms with E-state index in [1.807, 2.05) is 13.2 Å². The van der Waals surface area contributed by atoms with E-state index in [-0.39, 0.29) is 10.1 Å². The number of rotatable bonds is 7. The first-order valence-corrected chi connectivity index (χ1v) is 8.44. The predicted octanol–water partition coefficient (Wildman–Crippen LogP) is 1.34. The second kappa shape index (κ2) is 6.60. The Morgan fingerprint density at radius 1 is 1.50 bits per heavy atom. The fraction of sp³-hybridized carbons (Fsp3) is 0.636. The molecule has 5 nitrogen and oxygen atoms in total. The number of aryl methyl sites for hydroxylation is 1. The number of hydrogen-bond acceptors (Lipinski definition) is 5. The van der Waals surface area contributed by atoms with E-state index in [2.05, 4.69) is 10.0 Å². The molecule has 0 saturated heterocycles. The zero-order valence-corrected chi connectivity index (χ0v) is 12.7. The summed E-state index contributed by atoms with van der Waals surface area (Å²) >= 11 is 1.62. The summed E-state index contributed by atoms with van der Waals surface area (Å²) in [7, 11) is -1.70. The Morgan fingerprint density at radius 2 is 2.17 bits per heavy atom. The van der Waals surface area contributed by atoms with Crippen LogP contribution in [0.15, 0.2) is 15.4 Å². The predicted molar refractivity (Wildman–Crippen MR) is 74.4 cm³/mol. The van der Waals surface area contributed by atoms with E-state index in [1.54, 1.807) is 31.8 Å². The summed E-state index contributed by atoms with van der Waals surface area (Å²) in [6.07, 6.45) is 1.95. The minimum atomic E-state index is -3.48. The topological polar surface area (TPSA) is 71.3 Å². The van der Waals surface area contributed by atoms with Gasteiger partial charge in [0.2, 0.25) is 10.0 Å². The maximum atomic E-state index is 12.1. The van der Waals surface area contributed by atoms with Crippen molar-refractivity contribution in [2.24, 2.45) is 0 Å². The largest absolute Gasteiger partial charge is 0.464 e. The molecular weight excluding hydrogens is 272 g/mol. The smallest absolute Gasteiger partial charge is 0.244 e. The van der Waals surface area contributed by atoms with Gasteiger partial charge in [-0.15, -0.1) is 0 Å². The van der Waals surface area contributed by atoms with Crippen LogP contribution in [0.4, 0.5) is 0 Å². The number of hydrogen-bond donors (Lipinski definition) is 2. The lowest BCUT2D eigenvalue weighted by Gasteiger charge is -2.09. The molecule has 0 aliphatic rings. The fourth-order valence-electron chi connectivity index (χ4n) is 1.44. The molecule has 18 heavy (non-hydrogen) atoms. The third-order valence-electron chi connectivity index (χ3n) is 2.53. The summed E-state index contributed by atoms with van der Waals surface area (Å²) in [4.78, 5) is 0.223. The summed E-state index contributed by atoms with van der Waals surface area (Å²) < 4.78 is 32.2. The van der Waals surface area contributed by atoms with Crippen LogP contribution in [0.1, 0.15) is 18.4 Å². The average Bonchev–Trinajstić information content (AvgIpc) is 2.68. The van der Waals surface area contributed by atoms with Gasteiger partial charge in [0, 0.05) is 17.9 Å². The molecule has 0 bridgehead atoms. The van der Waals surface area contributed by atoms with E-state index in [0.717, 1.165) is 0 Å². The molecule has 0 aliphatic heterocycles. The molecule has 1 atom stereocenters. The molecule has 0 aromatic carbocycles. The van der Waals surface area contributed by atoms with Crippen LogP contribution in [0.25, 0.3) is 0 Å². The average molecular weight is 292 g/mol. The van der Waals surface area contributed by atoms with E-state index in [0.29, 0.717) is 24.6 Å². The van der Waals surface area contributed by atoms with Gasteiger partial charge in [-0.2, -0.15) is 11.8 Å². The first-order chi connectivity index (χ1) is 8.40. The Kier molecular flexibility index (Phi) is 5.71. The number of thioether (sulfide) groups is 1. The van der Waals surface area contributed by atoms with E-state index in [4.69, 9.17) is 4.42 Å². The molecule has 0 aliphatic carbocycles. The van der Waals surface area contributed by atoms with Gasteiger partial charge in [0.1, 0.15) is 16.4 Å². The van der Waals surface area contributed by atoms with Gasteiger partial charge in [0.25, 0.3) is 0 Å². The molecule has 0 amide bonds. The highest BCUT2D eigenvalue weighted by Crippen LogP contribution is 2.20. The van der Waals surface area contributed by atoms with Crippen molar-refractivity contribution in [3.05, 3.63) is 17.6 Å². The van der Waals surface area contributed by atoms with Crippen molar-refractivity contribution < 1.29 is 12.8 Å². The van der Waals surface area contributed by atoms with E-state index >= 15 is 0 Å². The van der Waals surface area contributed by atoms with Crippen LogP contribution in [-0.2, 0) is 16.6 Å². The minimum absolute atomic E-state index is 0.223. The van der Waals surface area contributed by atoms with Crippen molar-refractivity contribution in [2.45, 2.75) is 30.5 Å². The summed E-state index contributed by atoms with van der Waals surface area (Å²) in [6, 6.07) is 1.57. The first kappa shape index (κ1) is 15.6. The van der Waals surface area contributed by atoms with Crippen molar-refractivity contribution in [2.75, 3.05) is 19.8 Å². The third kappa shape index (κ3) is 4.01. The molecule has 1 heterocycles. The monoisotopic (exact) mass is 292 g/mol. The number of sulfonamides is 1. The van der Waals surface area contributed by atoms with E-state index in [9.17, 15) is 8.42 Å². The lowest BCUT2D eigenvalue weighted by Crippen LogP contribution is -2.29. The highest BCUT2D eigenvalue weighted by Gasteiger charge is 2.21. The molecule has 0 fully saturated rings. The number of nitrogens with one attached hydrogen (secondary N) is 2. The Bertz CT molecular complexity index is 482. The summed E-state index contributed by atoms with van der Waals surface area (Å²) in [5.41, 5.74) is 0. The molecule has 1 unspecified atom stereocenters. The maximum Gasteiger partial charge on any atom is 0.244 e. The van der Waals surface area contributed by atoms with Crippen molar-refractivity contribution in [1.82, 2.24) is 10.0 Å². The van der Waals surface area contributed by atoms with Crippen molar-refractivity contribution in [3.8, 4) is 0 Å². The Hall–Kier alpha value is -0.500. The maximum absolute atomic E-state index is 12.1. The zero-order valence-electron chi connectivity index (χ0n) is 11.1. The SMILES string of the molecule is CNCc1cc(S(=O)(=O)NCC(C)SC)c(C)o1. The van der Waals surface area contributed by atoms with Crippen molar-refractivity contribution in [1.29, 1.82) is 0 Å². The molecule has 2 N–H and O–H groups in total. The second-order valence-electron chi connectivity index (χ2n) is 4.06. The Morgan fingerprint density at radius 3 is 2.72 bits per heavy atom. The van der Waals surface area contributed by atoms with Crippen LogP contribution in [0, 0.1) is 6.92 Å². The molecular formula is C11H20N2O3S2. The Labute approximate surface area is 113 Å². The lowest BCUT2D eigenvalue weighted by molar-refractivity contribution is 0.465. The molecule has 0 radical (unpaired) electrons. The summed E-state index contributed by atoms with van der Waals surface area (Å²) in [5.74, 6) is 1.04. The van der Waals surface area contributed by atoms with Crippen LogP contribution in [0.3, 0.4) is 0 Å².